The summed E-state index contributed by atoms with van der Waals surface area (Å²) in [5.74, 6) is -0.975. The van der Waals surface area contributed by atoms with Crippen LogP contribution in [-0.2, 0) is 9.53 Å². The molecule has 19 heavy (non-hydrogen) atoms. The van der Waals surface area contributed by atoms with Crippen LogP contribution >= 0.6 is 15.9 Å². The third-order valence-corrected chi connectivity index (χ3v) is 2.71. The summed E-state index contributed by atoms with van der Waals surface area (Å²) in [6, 6.07) is 7.00. The van der Waals surface area contributed by atoms with Crippen LogP contribution in [0.3, 0.4) is 0 Å². The van der Waals surface area contributed by atoms with Gasteiger partial charge in [0.1, 0.15) is 6.61 Å². The largest absolute Gasteiger partial charge is 0.481 e. The topological polar surface area (TPSA) is 66.8 Å². The molecule has 0 aliphatic carbocycles. The minimum absolute atomic E-state index is 0.0434. The van der Waals surface area contributed by atoms with Crippen molar-refractivity contribution in [2.45, 2.75) is 6.42 Å². The molecule has 0 saturated heterocycles. The summed E-state index contributed by atoms with van der Waals surface area (Å²) in [6.45, 7) is 3.58. The van der Waals surface area contributed by atoms with Crippen molar-refractivity contribution in [1.29, 1.82) is 0 Å². The monoisotopic (exact) mass is 327 g/mol. The zero-order valence-electron chi connectivity index (χ0n) is 10.2. The Bertz CT molecular complexity index is 475. The SMILES string of the molecule is C=CCOC(=O)N(CCC(=O)O)c1cccc(Br)c1. The van der Waals surface area contributed by atoms with Gasteiger partial charge >= 0.3 is 12.1 Å². The van der Waals surface area contributed by atoms with E-state index in [1.54, 1.807) is 18.2 Å². The minimum atomic E-state index is -0.975. The van der Waals surface area contributed by atoms with E-state index in [0.29, 0.717) is 5.69 Å². The van der Waals surface area contributed by atoms with Crippen molar-refractivity contribution in [3.05, 3.63) is 41.4 Å². The molecule has 0 saturated carbocycles. The third-order valence-electron chi connectivity index (χ3n) is 2.21. The molecule has 1 aromatic carbocycles. The highest BCUT2D eigenvalue weighted by atomic mass is 79.9. The van der Waals surface area contributed by atoms with Crippen LogP contribution in [0, 0.1) is 0 Å². The number of benzene rings is 1. The van der Waals surface area contributed by atoms with Gasteiger partial charge in [-0.15, -0.1) is 0 Å². The summed E-state index contributed by atoms with van der Waals surface area (Å²) in [4.78, 5) is 23.8. The fraction of sp³-hybridized carbons (Fsp3) is 0.231. The van der Waals surface area contributed by atoms with Crippen molar-refractivity contribution in [3.8, 4) is 0 Å². The van der Waals surface area contributed by atoms with Crippen LogP contribution in [0.1, 0.15) is 6.42 Å². The molecule has 0 aliphatic rings. The summed E-state index contributed by atoms with van der Waals surface area (Å²) in [7, 11) is 0. The van der Waals surface area contributed by atoms with E-state index in [9.17, 15) is 9.59 Å². The van der Waals surface area contributed by atoms with Crippen molar-refractivity contribution >= 4 is 33.7 Å². The Morgan fingerprint density at radius 3 is 2.79 bits per heavy atom. The summed E-state index contributed by atoms with van der Waals surface area (Å²) in [5.41, 5.74) is 0.574. The number of anilines is 1. The molecule has 0 spiro atoms. The first-order valence-corrected chi connectivity index (χ1v) is 6.36. The number of rotatable bonds is 6. The summed E-state index contributed by atoms with van der Waals surface area (Å²) in [6.07, 6.45) is 0.698. The van der Waals surface area contributed by atoms with Gasteiger partial charge < -0.3 is 9.84 Å². The zero-order chi connectivity index (χ0) is 14.3. The van der Waals surface area contributed by atoms with Gasteiger partial charge in [0.05, 0.1) is 6.42 Å². The number of nitrogens with zero attached hydrogens (tertiary/aromatic N) is 1. The molecule has 5 nitrogen and oxygen atoms in total. The van der Waals surface area contributed by atoms with Crippen LogP contribution in [0.5, 0.6) is 0 Å². The number of carbonyl (C=O) groups excluding carboxylic acids is 1. The number of aliphatic carboxylic acids is 1. The van der Waals surface area contributed by atoms with E-state index < -0.39 is 12.1 Å². The fourth-order valence-corrected chi connectivity index (χ4v) is 1.77. The maximum absolute atomic E-state index is 11.9. The third kappa shape index (κ3) is 5.13. The van der Waals surface area contributed by atoms with E-state index in [1.165, 1.54) is 11.0 Å². The van der Waals surface area contributed by atoms with Crippen molar-refractivity contribution in [2.24, 2.45) is 0 Å². The Balaban J connectivity index is 2.87. The number of hydrogen-bond acceptors (Lipinski definition) is 3. The number of amides is 1. The number of carboxylic acid groups (broad SMARTS) is 1. The molecule has 0 unspecified atom stereocenters. The van der Waals surface area contributed by atoms with E-state index in [4.69, 9.17) is 9.84 Å². The smallest absolute Gasteiger partial charge is 0.414 e. The highest BCUT2D eigenvalue weighted by molar-refractivity contribution is 9.10. The summed E-state index contributed by atoms with van der Waals surface area (Å²) < 4.78 is 5.73. The van der Waals surface area contributed by atoms with Crippen molar-refractivity contribution in [3.63, 3.8) is 0 Å². The lowest BCUT2D eigenvalue weighted by Crippen LogP contribution is -2.33. The minimum Gasteiger partial charge on any atom is -0.481 e. The Labute approximate surface area is 119 Å². The maximum atomic E-state index is 11.9. The van der Waals surface area contributed by atoms with E-state index in [2.05, 4.69) is 22.5 Å². The second kappa shape index (κ2) is 7.58. The van der Waals surface area contributed by atoms with Gasteiger partial charge in [-0.1, -0.05) is 34.7 Å². The summed E-state index contributed by atoms with van der Waals surface area (Å²) >= 11 is 3.30. The quantitative estimate of drug-likeness (QED) is 0.815. The molecule has 6 heteroatoms. The first kappa shape index (κ1) is 15.2. The lowest BCUT2D eigenvalue weighted by Gasteiger charge is -2.21. The van der Waals surface area contributed by atoms with Crippen LogP contribution in [0.2, 0.25) is 0 Å². The first-order chi connectivity index (χ1) is 9.04. The van der Waals surface area contributed by atoms with Gasteiger partial charge in [-0.3, -0.25) is 9.69 Å². The highest BCUT2D eigenvalue weighted by Crippen LogP contribution is 2.21. The zero-order valence-corrected chi connectivity index (χ0v) is 11.8. The molecule has 102 valence electrons. The predicted octanol–water partition coefficient (Wildman–Crippen LogP) is 3.05. The van der Waals surface area contributed by atoms with E-state index >= 15 is 0 Å². The van der Waals surface area contributed by atoms with E-state index in [0.717, 1.165) is 4.47 Å². The normalized spacial score (nSPS) is 9.74. The van der Waals surface area contributed by atoms with Gasteiger partial charge in [0.25, 0.3) is 0 Å². The van der Waals surface area contributed by atoms with Crippen molar-refractivity contribution in [1.82, 2.24) is 0 Å². The van der Waals surface area contributed by atoms with Gasteiger partial charge in [-0.05, 0) is 18.2 Å². The molecule has 1 amide bonds. The predicted molar refractivity (Wildman–Crippen MR) is 75.3 cm³/mol. The van der Waals surface area contributed by atoms with Crippen molar-refractivity contribution in [2.75, 3.05) is 18.1 Å². The average Bonchev–Trinajstić information content (AvgIpc) is 2.36. The highest BCUT2D eigenvalue weighted by Gasteiger charge is 2.18. The molecule has 1 N–H and O–H groups in total. The van der Waals surface area contributed by atoms with E-state index in [1.807, 2.05) is 6.07 Å². The molecule has 1 aromatic rings. The second-order valence-corrected chi connectivity index (χ2v) is 4.56. The molecule has 0 aromatic heterocycles. The molecular formula is C13H14BrNO4. The molecule has 0 bridgehead atoms. The second-order valence-electron chi connectivity index (χ2n) is 3.64. The molecule has 0 aliphatic heterocycles. The number of hydrogen-bond donors (Lipinski definition) is 1. The number of halogens is 1. The Hall–Kier alpha value is -1.82. The van der Waals surface area contributed by atoms with Crippen LogP contribution in [-0.4, -0.2) is 30.3 Å². The number of carbonyl (C=O) groups is 2. The Morgan fingerprint density at radius 1 is 1.47 bits per heavy atom. The van der Waals surface area contributed by atoms with Crippen LogP contribution < -0.4 is 4.90 Å². The van der Waals surface area contributed by atoms with Crippen LogP contribution in [0.4, 0.5) is 10.5 Å². The lowest BCUT2D eigenvalue weighted by atomic mass is 10.3. The molecule has 0 atom stereocenters. The van der Waals surface area contributed by atoms with Crippen molar-refractivity contribution < 1.29 is 19.4 Å². The fourth-order valence-electron chi connectivity index (χ4n) is 1.39. The van der Waals surface area contributed by atoms with Gasteiger partial charge in [0.2, 0.25) is 0 Å². The van der Waals surface area contributed by atoms with Crippen LogP contribution in [0.25, 0.3) is 0 Å². The number of ether oxygens (including phenoxy) is 1. The van der Waals surface area contributed by atoms with Gasteiger partial charge in [-0.25, -0.2) is 4.79 Å². The molecule has 1 rings (SSSR count). The van der Waals surface area contributed by atoms with Gasteiger partial charge in [0, 0.05) is 16.7 Å². The Morgan fingerprint density at radius 2 is 2.21 bits per heavy atom. The Kier molecular flexibility index (Phi) is 6.08. The molecule has 0 fully saturated rings. The summed E-state index contributed by atoms with van der Waals surface area (Å²) in [5, 5.41) is 8.72. The average molecular weight is 328 g/mol. The maximum Gasteiger partial charge on any atom is 0.414 e. The van der Waals surface area contributed by atoms with Gasteiger partial charge in [-0.2, -0.15) is 0 Å². The lowest BCUT2D eigenvalue weighted by molar-refractivity contribution is -0.136. The van der Waals surface area contributed by atoms with E-state index in [-0.39, 0.29) is 19.6 Å². The van der Waals surface area contributed by atoms with Gasteiger partial charge in [0.15, 0.2) is 0 Å². The molecular weight excluding hydrogens is 314 g/mol. The van der Waals surface area contributed by atoms with Crippen LogP contribution in [0.15, 0.2) is 41.4 Å². The number of carboxylic acids is 1. The first-order valence-electron chi connectivity index (χ1n) is 5.57. The molecule has 0 radical (unpaired) electrons. The molecule has 0 heterocycles. The standard InChI is InChI=1S/C13H14BrNO4/c1-2-8-19-13(18)15(7-6-12(16)17)11-5-3-4-10(14)9-11/h2-5,9H,1,6-8H2,(H,16,17).